The lowest BCUT2D eigenvalue weighted by atomic mass is 9.81. The fourth-order valence-corrected chi connectivity index (χ4v) is 4.50. The van der Waals surface area contributed by atoms with Gasteiger partial charge in [-0.1, -0.05) is 0 Å². The van der Waals surface area contributed by atoms with E-state index in [0.717, 1.165) is 6.21 Å². The lowest BCUT2D eigenvalue weighted by molar-refractivity contribution is 0.474. The summed E-state index contributed by atoms with van der Waals surface area (Å²) in [5, 5.41) is 25.2. The molecule has 0 saturated heterocycles. The van der Waals surface area contributed by atoms with Gasteiger partial charge < -0.3 is 0 Å². The molecule has 1 atom stereocenters. The number of aliphatic imine (C=N–C) groups is 1. The summed E-state index contributed by atoms with van der Waals surface area (Å²) in [6.45, 7) is 0. The van der Waals surface area contributed by atoms with Crippen molar-refractivity contribution in [3.63, 3.8) is 0 Å². The number of allylic oxidation sites excluding steroid dienone is 1. The normalized spacial score (nSPS) is 16.1. The number of halogens is 6. The standard InChI is InChI=1S/C23H6F6N8/c1-33-5-7(4-32)9-15(25)17(27)11-13-19(9)35-23(29)37-21(13)10-12-18(34-22(28)36-20(11)12)8(6(2-30)3-31)14(24)16(10)26/h5-6,8H,1H3/b9-7+,33-5?. The van der Waals surface area contributed by atoms with Gasteiger partial charge in [-0.3, -0.25) is 4.99 Å². The highest BCUT2D eigenvalue weighted by Crippen LogP contribution is 2.50. The third-order valence-electron chi connectivity index (χ3n) is 5.89. The molecule has 0 saturated carbocycles. The van der Waals surface area contributed by atoms with Crippen molar-refractivity contribution in [2.24, 2.45) is 10.9 Å². The quantitative estimate of drug-likeness (QED) is 0.132. The SMILES string of the molecule is CN=C/C(C#N)=c1\c(F)c(F)c2c3nc(F)nc4c3c(c3nc(F)nc1c32)C(F)=C(F)C4C(C#N)C#N. The molecule has 0 amide bonds. The highest BCUT2D eigenvalue weighted by atomic mass is 19.2. The van der Waals surface area contributed by atoms with Crippen molar-refractivity contribution in [3.05, 3.63) is 46.1 Å². The van der Waals surface area contributed by atoms with Gasteiger partial charge in [-0.2, -0.15) is 24.6 Å². The topological polar surface area (TPSA) is 135 Å². The Balaban J connectivity index is 2.21. The smallest absolute Gasteiger partial charge is 0.295 e. The van der Waals surface area contributed by atoms with Gasteiger partial charge in [-0.15, -0.1) is 0 Å². The Hall–Kier alpha value is -5.16. The first-order valence-corrected chi connectivity index (χ1v) is 10.1. The number of aromatic nitrogens is 4. The molecule has 8 nitrogen and oxygen atoms in total. The molecule has 14 heteroatoms. The molecule has 1 aliphatic rings. The van der Waals surface area contributed by atoms with Gasteiger partial charge in [0.2, 0.25) is 0 Å². The fourth-order valence-electron chi connectivity index (χ4n) is 4.50. The number of hydrogen-bond acceptors (Lipinski definition) is 8. The first-order chi connectivity index (χ1) is 17.7. The third kappa shape index (κ3) is 3.04. The van der Waals surface area contributed by atoms with Crippen LogP contribution in [0.15, 0.2) is 10.8 Å². The highest BCUT2D eigenvalue weighted by Gasteiger charge is 2.41. The summed E-state index contributed by atoms with van der Waals surface area (Å²) in [6.07, 6.45) is -2.32. The molecule has 1 unspecified atom stereocenters. The van der Waals surface area contributed by atoms with E-state index in [4.69, 9.17) is 0 Å². The number of fused-ring (bicyclic) bond motifs is 2. The molecule has 0 N–H and O–H groups in total. The third-order valence-corrected chi connectivity index (χ3v) is 5.89. The lowest BCUT2D eigenvalue weighted by Crippen LogP contribution is -2.22. The molecule has 4 aromatic rings. The van der Waals surface area contributed by atoms with Crippen LogP contribution in [0.5, 0.6) is 0 Å². The van der Waals surface area contributed by atoms with Crippen LogP contribution in [-0.4, -0.2) is 33.2 Å². The van der Waals surface area contributed by atoms with Crippen molar-refractivity contribution >= 4 is 50.3 Å². The molecule has 2 aromatic heterocycles. The van der Waals surface area contributed by atoms with Crippen molar-refractivity contribution in [1.82, 2.24) is 19.9 Å². The Morgan fingerprint density at radius 2 is 1.46 bits per heavy atom. The second kappa shape index (κ2) is 8.21. The van der Waals surface area contributed by atoms with Crippen LogP contribution in [0.4, 0.5) is 26.3 Å². The van der Waals surface area contributed by atoms with Crippen molar-refractivity contribution in [2.75, 3.05) is 7.05 Å². The molecule has 37 heavy (non-hydrogen) atoms. The summed E-state index contributed by atoms with van der Waals surface area (Å²) in [7, 11) is 1.22. The lowest BCUT2D eigenvalue weighted by Gasteiger charge is -2.25. The predicted octanol–water partition coefficient (Wildman–Crippen LogP) is 3.74. The summed E-state index contributed by atoms with van der Waals surface area (Å²) >= 11 is 0. The molecule has 0 spiro atoms. The summed E-state index contributed by atoms with van der Waals surface area (Å²) in [4.78, 5) is 17.4. The Morgan fingerprint density at radius 3 is 2.08 bits per heavy atom. The highest BCUT2D eigenvalue weighted by molar-refractivity contribution is 6.24. The van der Waals surface area contributed by atoms with Crippen molar-refractivity contribution in [1.29, 1.82) is 15.8 Å². The summed E-state index contributed by atoms with van der Waals surface area (Å²) in [6, 6.07) is 4.48. The van der Waals surface area contributed by atoms with Gasteiger partial charge in [0, 0.05) is 24.0 Å². The maximum Gasteiger partial charge on any atom is 0.309 e. The minimum Gasteiger partial charge on any atom is -0.295 e. The van der Waals surface area contributed by atoms with E-state index >= 15 is 17.6 Å². The van der Waals surface area contributed by atoms with Gasteiger partial charge in [0.1, 0.15) is 17.8 Å². The van der Waals surface area contributed by atoms with Crippen LogP contribution in [0, 0.1) is 63.7 Å². The molecular formula is C23H6F6N8. The van der Waals surface area contributed by atoms with Crippen LogP contribution >= 0.6 is 0 Å². The van der Waals surface area contributed by atoms with Gasteiger partial charge in [0.25, 0.3) is 0 Å². The maximum absolute atomic E-state index is 15.6. The van der Waals surface area contributed by atoms with E-state index in [2.05, 4.69) is 24.9 Å². The van der Waals surface area contributed by atoms with Gasteiger partial charge in [-0.25, -0.2) is 37.5 Å². The molecule has 0 aliphatic heterocycles. The van der Waals surface area contributed by atoms with E-state index < -0.39 is 102 Å². The summed E-state index contributed by atoms with van der Waals surface area (Å²) in [5.41, 5.74) is -4.38. The number of benzene rings is 2. The average molecular weight is 508 g/mol. The Labute approximate surface area is 201 Å². The van der Waals surface area contributed by atoms with Gasteiger partial charge in [0.05, 0.1) is 62.0 Å². The first-order valence-electron chi connectivity index (χ1n) is 10.1. The van der Waals surface area contributed by atoms with Gasteiger partial charge in [-0.05, 0) is 0 Å². The van der Waals surface area contributed by atoms with Crippen LogP contribution in [-0.2, 0) is 0 Å². The number of hydrogen-bond donors (Lipinski definition) is 0. The van der Waals surface area contributed by atoms with Crippen LogP contribution in [0.1, 0.15) is 17.2 Å². The molecule has 2 aromatic carbocycles. The maximum atomic E-state index is 15.6. The molecule has 0 radical (unpaired) electrons. The molecule has 1 aliphatic carbocycles. The molecule has 5 rings (SSSR count). The van der Waals surface area contributed by atoms with Crippen LogP contribution in [0.2, 0.25) is 0 Å². The first kappa shape index (κ1) is 23.6. The van der Waals surface area contributed by atoms with E-state index in [1.807, 2.05) is 0 Å². The Bertz CT molecular complexity index is 1950. The van der Waals surface area contributed by atoms with E-state index in [-0.39, 0.29) is 0 Å². The number of nitriles is 3. The largest absolute Gasteiger partial charge is 0.309 e. The second-order valence-corrected chi connectivity index (χ2v) is 7.71. The zero-order chi connectivity index (χ0) is 26.8. The average Bonchev–Trinajstić information content (AvgIpc) is 2.87. The molecule has 2 heterocycles. The Kier molecular flexibility index (Phi) is 5.23. The molecule has 0 fully saturated rings. The van der Waals surface area contributed by atoms with E-state index in [1.165, 1.54) is 19.2 Å². The van der Waals surface area contributed by atoms with Crippen molar-refractivity contribution in [2.45, 2.75) is 5.92 Å². The zero-order valence-electron chi connectivity index (χ0n) is 18.1. The number of nitrogens with zero attached hydrogens (tertiary/aromatic N) is 8. The zero-order valence-corrected chi connectivity index (χ0v) is 18.1. The van der Waals surface area contributed by atoms with Crippen LogP contribution < -0.4 is 5.22 Å². The van der Waals surface area contributed by atoms with Crippen molar-refractivity contribution < 1.29 is 26.3 Å². The van der Waals surface area contributed by atoms with E-state index in [1.54, 1.807) is 6.07 Å². The monoisotopic (exact) mass is 508 g/mol. The fraction of sp³-hybridized carbons (Fsp3) is 0.130. The predicted molar refractivity (Wildman–Crippen MR) is 115 cm³/mol. The minimum atomic E-state index is -2.06. The van der Waals surface area contributed by atoms with Gasteiger partial charge in [0.15, 0.2) is 17.5 Å². The minimum absolute atomic E-state index is 0.586. The molecular weight excluding hydrogens is 502 g/mol. The molecule has 0 bridgehead atoms. The second-order valence-electron chi connectivity index (χ2n) is 7.71. The van der Waals surface area contributed by atoms with Crippen LogP contribution in [0.3, 0.4) is 0 Å². The summed E-state index contributed by atoms with van der Waals surface area (Å²) < 4.78 is 91.1. The summed E-state index contributed by atoms with van der Waals surface area (Å²) in [5.74, 6) is -10.8. The molecule has 180 valence electrons. The number of rotatable bonds is 2. The van der Waals surface area contributed by atoms with Gasteiger partial charge >= 0.3 is 12.2 Å². The Morgan fingerprint density at radius 1 is 0.838 bits per heavy atom. The van der Waals surface area contributed by atoms with E-state index in [9.17, 15) is 24.6 Å². The van der Waals surface area contributed by atoms with E-state index in [0.29, 0.717) is 0 Å². The van der Waals surface area contributed by atoms with Crippen molar-refractivity contribution in [3.8, 4) is 18.2 Å². The van der Waals surface area contributed by atoms with Crippen LogP contribution in [0.25, 0.3) is 44.1 Å².